The van der Waals surface area contributed by atoms with E-state index in [1.165, 1.54) is 5.39 Å². The first kappa shape index (κ1) is 14.5. The molecule has 0 N–H and O–H groups in total. The van der Waals surface area contributed by atoms with Gasteiger partial charge in [0.1, 0.15) is 5.82 Å². The highest BCUT2D eigenvalue weighted by molar-refractivity contribution is 6.30. The molecule has 1 saturated heterocycles. The minimum Gasteiger partial charge on any atom is -0.378 e. The average molecular weight is 325 g/mol. The smallest absolute Gasteiger partial charge is 0.130 e. The lowest BCUT2D eigenvalue weighted by Gasteiger charge is -2.28. The van der Waals surface area contributed by atoms with Crippen molar-refractivity contribution in [3.8, 4) is 11.3 Å². The predicted molar refractivity (Wildman–Crippen MR) is 95.2 cm³/mol. The van der Waals surface area contributed by atoms with Crippen LogP contribution < -0.4 is 4.90 Å². The topological polar surface area (TPSA) is 25.4 Å². The zero-order valence-electron chi connectivity index (χ0n) is 12.7. The van der Waals surface area contributed by atoms with Crippen LogP contribution in [0.3, 0.4) is 0 Å². The molecule has 0 unspecified atom stereocenters. The molecule has 0 spiro atoms. The minimum atomic E-state index is 0.738. The van der Waals surface area contributed by atoms with E-state index in [0.29, 0.717) is 0 Å². The van der Waals surface area contributed by atoms with Crippen LogP contribution in [0.25, 0.3) is 22.0 Å². The van der Waals surface area contributed by atoms with E-state index in [1.807, 2.05) is 24.3 Å². The summed E-state index contributed by atoms with van der Waals surface area (Å²) in [6.45, 7) is 3.27. The van der Waals surface area contributed by atoms with E-state index in [-0.39, 0.29) is 0 Å². The molecule has 1 aromatic heterocycles. The van der Waals surface area contributed by atoms with E-state index in [9.17, 15) is 0 Å². The van der Waals surface area contributed by atoms with Gasteiger partial charge in [0.2, 0.25) is 0 Å². The van der Waals surface area contributed by atoms with Crippen LogP contribution in [-0.2, 0) is 4.74 Å². The van der Waals surface area contributed by atoms with Gasteiger partial charge in [-0.25, -0.2) is 4.98 Å². The highest BCUT2D eigenvalue weighted by Crippen LogP contribution is 2.31. The number of morpholine rings is 1. The molecule has 0 atom stereocenters. The van der Waals surface area contributed by atoms with E-state index < -0.39 is 0 Å². The molecule has 1 aliphatic rings. The van der Waals surface area contributed by atoms with Crippen molar-refractivity contribution in [2.45, 2.75) is 0 Å². The molecule has 0 amide bonds. The molecule has 0 radical (unpaired) electrons. The number of anilines is 1. The lowest BCUT2D eigenvalue weighted by Crippen LogP contribution is -2.36. The molecule has 1 aliphatic heterocycles. The zero-order chi connectivity index (χ0) is 15.6. The Morgan fingerprint density at radius 3 is 2.48 bits per heavy atom. The molecule has 1 fully saturated rings. The van der Waals surface area contributed by atoms with Gasteiger partial charge in [0, 0.05) is 29.1 Å². The summed E-state index contributed by atoms with van der Waals surface area (Å²) >= 11 is 6.03. The second kappa shape index (κ2) is 6.19. The fourth-order valence-corrected chi connectivity index (χ4v) is 3.09. The van der Waals surface area contributed by atoms with Crippen molar-refractivity contribution in [1.29, 1.82) is 0 Å². The second-order valence-electron chi connectivity index (χ2n) is 5.66. The fourth-order valence-electron chi connectivity index (χ4n) is 2.97. The first-order chi connectivity index (χ1) is 11.3. The van der Waals surface area contributed by atoms with Crippen LogP contribution in [-0.4, -0.2) is 31.3 Å². The average Bonchev–Trinajstić information content (AvgIpc) is 2.62. The van der Waals surface area contributed by atoms with Crippen LogP contribution in [0.2, 0.25) is 5.02 Å². The number of aromatic nitrogens is 1. The number of ether oxygens (including phenoxy) is 1. The molecule has 3 nitrogen and oxygen atoms in total. The van der Waals surface area contributed by atoms with Crippen LogP contribution in [0.5, 0.6) is 0 Å². The lowest BCUT2D eigenvalue weighted by molar-refractivity contribution is 0.122. The number of hydrogen-bond acceptors (Lipinski definition) is 3. The van der Waals surface area contributed by atoms with Gasteiger partial charge in [0.15, 0.2) is 0 Å². The maximum atomic E-state index is 6.03. The molecule has 0 saturated carbocycles. The summed E-state index contributed by atoms with van der Waals surface area (Å²) in [5.74, 6) is 1.01. The molecular weight excluding hydrogens is 308 g/mol. The van der Waals surface area contributed by atoms with Gasteiger partial charge < -0.3 is 9.64 Å². The third-order valence-corrected chi connectivity index (χ3v) is 4.43. The normalized spacial score (nSPS) is 15.1. The molecule has 4 heteroatoms. The molecule has 2 heterocycles. The number of hydrogen-bond donors (Lipinski definition) is 0. The molecule has 0 aliphatic carbocycles. The Balaban J connectivity index is 1.88. The lowest BCUT2D eigenvalue weighted by atomic mass is 10.0. The maximum Gasteiger partial charge on any atom is 0.130 e. The van der Waals surface area contributed by atoms with Gasteiger partial charge in [-0.15, -0.1) is 0 Å². The van der Waals surface area contributed by atoms with Crippen molar-refractivity contribution in [2.24, 2.45) is 0 Å². The fraction of sp³-hybridized carbons (Fsp3) is 0.211. The Hall–Kier alpha value is -2.10. The van der Waals surface area contributed by atoms with Crippen molar-refractivity contribution < 1.29 is 4.74 Å². The van der Waals surface area contributed by atoms with E-state index in [2.05, 4.69) is 35.2 Å². The summed E-state index contributed by atoms with van der Waals surface area (Å²) in [4.78, 5) is 7.24. The van der Waals surface area contributed by atoms with Gasteiger partial charge in [-0.1, -0.05) is 48.0 Å². The van der Waals surface area contributed by atoms with Gasteiger partial charge in [-0.3, -0.25) is 0 Å². The zero-order valence-corrected chi connectivity index (χ0v) is 13.5. The van der Waals surface area contributed by atoms with Crippen LogP contribution in [0.15, 0.2) is 54.6 Å². The summed E-state index contributed by atoms with van der Waals surface area (Å²) in [5.41, 5.74) is 2.09. The van der Waals surface area contributed by atoms with Crippen LogP contribution in [0.1, 0.15) is 0 Å². The van der Waals surface area contributed by atoms with E-state index >= 15 is 0 Å². The van der Waals surface area contributed by atoms with Crippen molar-refractivity contribution in [3.05, 3.63) is 59.6 Å². The summed E-state index contributed by atoms with van der Waals surface area (Å²) in [6, 6.07) is 18.4. The highest BCUT2D eigenvalue weighted by Gasteiger charge is 2.15. The number of pyridine rings is 1. The Morgan fingerprint density at radius 2 is 1.70 bits per heavy atom. The molecule has 116 valence electrons. The van der Waals surface area contributed by atoms with Gasteiger partial charge in [0.25, 0.3) is 0 Å². The molecule has 0 bridgehead atoms. The highest BCUT2D eigenvalue weighted by atomic mass is 35.5. The van der Waals surface area contributed by atoms with Crippen LogP contribution in [0, 0.1) is 0 Å². The van der Waals surface area contributed by atoms with E-state index in [4.69, 9.17) is 21.3 Å². The predicted octanol–water partition coefficient (Wildman–Crippen LogP) is 4.39. The number of nitrogens with zero attached hydrogens (tertiary/aromatic N) is 2. The Bertz CT molecular complexity index is 826. The summed E-state index contributed by atoms with van der Waals surface area (Å²) in [6.07, 6.45) is 0. The van der Waals surface area contributed by atoms with Crippen LogP contribution >= 0.6 is 11.6 Å². The molecule has 23 heavy (non-hydrogen) atoms. The quantitative estimate of drug-likeness (QED) is 0.699. The third kappa shape index (κ3) is 2.90. The van der Waals surface area contributed by atoms with Crippen LogP contribution in [0.4, 0.5) is 5.82 Å². The van der Waals surface area contributed by atoms with Crippen molar-refractivity contribution >= 4 is 28.2 Å². The number of fused-ring (bicyclic) bond motifs is 1. The minimum absolute atomic E-state index is 0.738. The van der Waals surface area contributed by atoms with E-state index in [0.717, 1.165) is 53.8 Å². The second-order valence-corrected chi connectivity index (χ2v) is 6.09. The van der Waals surface area contributed by atoms with Crippen molar-refractivity contribution in [1.82, 2.24) is 4.98 Å². The van der Waals surface area contributed by atoms with E-state index in [1.54, 1.807) is 0 Å². The SMILES string of the molecule is Clc1ccc(-c2nc(N3CCOCC3)cc3ccccc23)cc1. The summed E-state index contributed by atoms with van der Waals surface area (Å²) in [5, 5.41) is 3.10. The Morgan fingerprint density at radius 1 is 0.957 bits per heavy atom. The summed E-state index contributed by atoms with van der Waals surface area (Å²) < 4.78 is 5.45. The first-order valence-electron chi connectivity index (χ1n) is 7.80. The first-order valence-corrected chi connectivity index (χ1v) is 8.17. The number of benzene rings is 2. The van der Waals surface area contributed by atoms with Gasteiger partial charge in [0.05, 0.1) is 18.9 Å². The number of halogens is 1. The van der Waals surface area contributed by atoms with Gasteiger partial charge >= 0.3 is 0 Å². The molecular formula is C19H17ClN2O. The molecule has 2 aromatic carbocycles. The maximum absolute atomic E-state index is 6.03. The summed E-state index contributed by atoms with van der Waals surface area (Å²) in [7, 11) is 0. The molecule has 3 aromatic rings. The van der Waals surface area contributed by atoms with Crippen molar-refractivity contribution in [2.75, 3.05) is 31.2 Å². The number of rotatable bonds is 2. The van der Waals surface area contributed by atoms with Gasteiger partial charge in [-0.2, -0.15) is 0 Å². The standard InChI is InChI=1S/C19H17ClN2O/c20-16-7-5-14(6-8-16)19-17-4-2-1-3-15(17)13-18(21-19)22-9-11-23-12-10-22/h1-8,13H,9-12H2. The van der Waals surface area contributed by atoms with Gasteiger partial charge in [-0.05, 0) is 23.6 Å². The Labute approximate surface area is 140 Å². The third-order valence-electron chi connectivity index (χ3n) is 4.18. The largest absolute Gasteiger partial charge is 0.378 e. The molecule has 4 rings (SSSR count). The monoisotopic (exact) mass is 324 g/mol. The van der Waals surface area contributed by atoms with Crippen molar-refractivity contribution in [3.63, 3.8) is 0 Å². The Kier molecular flexibility index (Phi) is 3.90.